The molecule has 0 saturated carbocycles. The van der Waals surface area contributed by atoms with Crippen LogP contribution in [0.25, 0.3) is 0 Å². The molecule has 28 heavy (non-hydrogen) atoms. The molecule has 1 aromatic carbocycles. The number of thiol groups is 2. The molecule has 0 aromatic heterocycles. The summed E-state index contributed by atoms with van der Waals surface area (Å²) < 4.78 is 4.84. The van der Waals surface area contributed by atoms with Crippen molar-refractivity contribution >= 4 is 68.8 Å². The third kappa shape index (κ3) is 8.55. The monoisotopic (exact) mass is 464 g/mol. The smallest absolute Gasteiger partial charge is 0.329 e. The summed E-state index contributed by atoms with van der Waals surface area (Å²) in [6, 6.07) is 3.58. The zero-order chi connectivity index (χ0) is 21.7. The number of hydrogen-bond acceptors (Lipinski definition) is 8. The van der Waals surface area contributed by atoms with Crippen molar-refractivity contribution in [1.29, 1.82) is 0 Å². The molecule has 0 heterocycles. The minimum atomic E-state index is -1.21. The van der Waals surface area contributed by atoms with Gasteiger partial charge in [-0.25, -0.2) is 9.59 Å². The molecule has 2 unspecified atom stereocenters. The van der Waals surface area contributed by atoms with E-state index in [1.54, 1.807) is 6.92 Å². The Morgan fingerprint density at radius 3 is 1.93 bits per heavy atom. The molecule has 8 nitrogen and oxygen atoms in total. The van der Waals surface area contributed by atoms with Crippen molar-refractivity contribution in [2.24, 2.45) is 0 Å². The normalized spacial score (nSPS) is 11.8. The zero-order valence-corrected chi connectivity index (χ0v) is 18.5. The predicted molar refractivity (Wildman–Crippen MR) is 117 cm³/mol. The Morgan fingerprint density at radius 2 is 1.54 bits per heavy atom. The van der Waals surface area contributed by atoms with Crippen molar-refractivity contribution in [3.05, 3.63) is 35.4 Å². The standard InChI is InChI=1S/C16H20N2O6S2.HPS/c1-2-24-16(23)12(8-26)18-14(20)10-5-3-4-9(6-10)13(19)17-11(7-25)15(21)22;1-2/h3-6,11-12,25-26H,2,7-8H2,1H3,(H,17,19)(H,18,20)(H,21,22);1H. The van der Waals surface area contributed by atoms with E-state index in [0.717, 1.165) is 0 Å². The average Bonchev–Trinajstić information content (AvgIpc) is 2.71. The van der Waals surface area contributed by atoms with Crippen LogP contribution in [0.5, 0.6) is 0 Å². The van der Waals surface area contributed by atoms with Gasteiger partial charge in [-0.1, -0.05) is 17.9 Å². The number of carboxylic acids is 1. The van der Waals surface area contributed by atoms with E-state index in [2.05, 4.69) is 55.7 Å². The summed E-state index contributed by atoms with van der Waals surface area (Å²) in [7, 11) is 2.56. The molecule has 2 amide bonds. The largest absolute Gasteiger partial charge is 0.480 e. The van der Waals surface area contributed by atoms with Crippen molar-refractivity contribution in [3.63, 3.8) is 0 Å². The maximum absolute atomic E-state index is 12.3. The van der Waals surface area contributed by atoms with Crippen molar-refractivity contribution in [3.8, 4) is 0 Å². The molecule has 0 aliphatic carbocycles. The summed E-state index contributed by atoms with van der Waals surface area (Å²) in [4.78, 5) is 47.1. The van der Waals surface area contributed by atoms with Crippen LogP contribution in [0.1, 0.15) is 27.6 Å². The third-order valence-electron chi connectivity index (χ3n) is 3.23. The van der Waals surface area contributed by atoms with Crippen LogP contribution >= 0.6 is 33.3 Å². The number of rotatable bonds is 9. The fourth-order valence-electron chi connectivity index (χ4n) is 1.89. The van der Waals surface area contributed by atoms with E-state index in [9.17, 15) is 19.2 Å². The summed E-state index contributed by atoms with van der Waals surface area (Å²) in [6.45, 7) is 1.82. The van der Waals surface area contributed by atoms with Gasteiger partial charge in [0.05, 0.1) is 6.61 Å². The van der Waals surface area contributed by atoms with E-state index in [1.807, 2.05) is 0 Å². The second-order valence-electron chi connectivity index (χ2n) is 5.09. The number of hydrogen-bond donors (Lipinski definition) is 5. The van der Waals surface area contributed by atoms with Crippen molar-refractivity contribution < 1.29 is 29.0 Å². The summed E-state index contributed by atoms with van der Waals surface area (Å²) >= 11 is 11.8. The molecule has 0 saturated heterocycles. The molecule has 12 heteroatoms. The van der Waals surface area contributed by atoms with Crippen LogP contribution in [0.15, 0.2) is 24.3 Å². The quantitative estimate of drug-likeness (QED) is 0.210. The number of nitrogens with one attached hydrogen (secondary N) is 2. The lowest BCUT2D eigenvalue weighted by Gasteiger charge is -2.15. The van der Waals surface area contributed by atoms with Crippen LogP contribution in [-0.2, 0) is 26.1 Å². The first-order chi connectivity index (χ1) is 13.3. The number of aliphatic carboxylic acids is 1. The first kappa shape index (κ1) is 26.3. The van der Waals surface area contributed by atoms with Gasteiger partial charge in [0.25, 0.3) is 11.8 Å². The number of carbonyl (C=O) groups excluding carboxylic acids is 3. The van der Waals surface area contributed by atoms with Crippen LogP contribution in [0.2, 0.25) is 0 Å². The minimum absolute atomic E-state index is 0.0486. The molecular weight excluding hydrogens is 443 g/mol. The van der Waals surface area contributed by atoms with Crippen LogP contribution in [-0.4, -0.2) is 59.1 Å². The molecule has 0 spiro atoms. The van der Waals surface area contributed by atoms with Gasteiger partial charge in [-0.05, 0) is 33.1 Å². The molecule has 3 N–H and O–H groups in total. The van der Waals surface area contributed by atoms with Crippen LogP contribution in [0.3, 0.4) is 0 Å². The van der Waals surface area contributed by atoms with Crippen LogP contribution in [0, 0.1) is 0 Å². The Kier molecular flexibility index (Phi) is 13.5. The van der Waals surface area contributed by atoms with Crippen molar-refractivity contribution in [1.82, 2.24) is 10.6 Å². The number of esters is 1. The van der Waals surface area contributed by atoms with Gasteiger partial charge < -0.3 is 20.5 Å². The molecule has 0 aliphatic heterocycles. The Bertz CT molecular complexity index is 707. The van der Waals surface area contributed by atoms with Crippen molar-refractivity contribution in [2.75, 3.05) is 18.1 Å². The molecule has 2 atom stereocenters. The Labute approximate surface area is 180 Å². The minimum Gasteiger partial charge on any atom is -0.480 e. The van der Waals surface area contributed by atoms with E-state index in [1.165, 1.54) is 24.3 Å². The van der Waals surface area contributed by atoms with E-state index >= 15 is 0 Å². The van der Waals surface area contributed by atoms with Gasteiger partial charge in [0.2, 0.25) is 0 Å². The number of benzene rings is 1. The third-order valence-corrected chi connectivity index (χ3v) is 3.96. The average molecular weight is 465 g/mol. The molecular formula is C16H21N2O6PS3. The highest BCUT2D eigenvalue weighted by Crippen LogP contribution is 2.07. The predicted octanol–water partition coefficient (Wildman–Crippen LogP) is 0.982. The highest BCUT2D eigenvalue weighted by Gasteiger charge is 2.22. The number of ether oxygens (including phenoxy) is 1. The topological polar surface area (TPSA) is 122 Å². The van der Waals surface area contributed by atoms with Gasteiger partial charge in [0.1, 0.15) is 12.1 Å². The van der Waals surface area contributed by atoms with Gasteiger partial charge in [-0.15, -0.1) is 0 Å². The molecule has 0 radical (unpaired) electrons. The van der Waals surface area contributed by atoms with E-state index in [-0.39, 0.29) is 29.2 Å². The van der Waals surface area contributed by atoms with Gasteiger partial charge in [-0.3, -0.25) is 9.59 Å². The summed E-state index contributed by atoms with van der Waals surface area (Å²) in [5.41, 5.74) is 0.232. The zero-order valence-electron chi connectivity index (χ0n) is 14.9. The molecule has 0 aliphatic rings. The fourth-order valence-corrected chi connectivity index (χ4v) is 2.38. The lowest BCUT2D eigenvalue weighted by molar-refractivity contribution is -0.144. The van der Waals surface area contributed by atoms with Crippen LogP contribution in [0.4, 0.5) is 0 Å². The highest BCUT2D eigenvalue weighted by molar-refractivity contribution is 7.88. The first-order valence-corrected chi connectivity index (χ1v) is 10.8. The second-order valence-corrected chi connectivity index (χ2v) is 5.82. The maximum atomic E-state index is 12.3. The Balaban J connectivity index is 0.00000352. The van der Waals surface area contributed by atoms with Gasteiger partial charge in [0, 0.05) is 22.6 Å². The first-order valence-electron chi connectivity index (χ1n) is 7.87. The number of carboxylic acid groups (broad SMARTS) is 1. The molecule has 154 valence electrons. The molecule has 1 aromatic rings. The van der Waals surface area contributed by atoms with E-state index < -0.39 is 35.8 Å². The SMILES string of the molecule is CCOC(=O)C(CS)NC(=O)c1cccc(C(=O)NC(CS)C(=O)O)c1.P=S. The second kappa shape index (κ2) is 14.3. The Hall–Kier alpha value is -1.68. The van der Waals surface area contributed by atoms with E-state index in [0.29, 0.717) is 0 Å². The van der Waals surface area contributed by atoms with Crippen LogP contribution < -0.4 is 10.6 Å². The van der Waals surface area contributed by atoms with Gasteiger partial charge in [0.15, 0.2) is 0 Å². The fraction of sp³-hybridized carbons (Fsp3) is 0.375. The lowest BCUT2D eigenvalue weighted by Crippen LogP contribution is -2.43. The lowest BCUT2D eigenvalue weighted by atomic mass is 10.1. The van der Waals surface area contributed by atoms with E-state index in [4.69, 9.17) is 9.84 Å². The molecule has 0 bridgehead atoms. The summed E-state index contributed by atoms with van der Waals surface area (Å²) in [6.07, 6.45) is 0. The highest BCUT2D eigenvalue weighted by atomic mass is 32.4. The summed E-state index contributed by atoms with van der Waals surface area (Å²) in [5, 5.41) is 13.7. The Morgan fingerprint density at radius 1 is 1.07 bits per heavy atom. The van der Waals surface area contributed by atoms with Gasteiger partial charge >= 0.3 is 11.9 Å². The maximum Gasteiger partial charge on any atom is 0.329 e. The molecule has 1 rings (SSSR count). The van der Waals surface area contributed by atoms with Crippen molar-refractivity contribution in [2.45, 2.75) is 19.0 Å². The molecule has 0 fully saturated rings. The summed E-state index contributed by atoms with van der Waals surface area (Å²) in [5.74, 6) is -3.10. The number of amides is 2. The van der Waals surface area contributed by atoms with Gasteiger partial charge in [-0.2, -0.15) is 25.3 Å². The number of carbonyl (C=O) groups is 4.